The van der Waals surface area contributed by atoms with Gasteiger partial charge in [0.15, 0.2) is 9.84 Å². The molecule has 0 spiro atoms. The minimum atomic E-state index is -2.84. The second kappa shape index (κ2) is 6.92. The van der Waals surface area contributed by atoms with Crippen LogP contribution in [0.1, 0.15) is 31.2 Å². The van der Waals surface area contributed by atoms with Crippen molar-refractivity contribution >= 4 is 21.4 Å². The molecule has 1 fully saturated rings. The topological polar surface area (TPSA) is 46.2 Å². The van der Waals surface area contributed by atoms with Crippen LogP contribution in [0, 0.1) is 5.92 Å². The molecular formula is C15H22ClNO2S. The smallest absolute Gasteiger partial charge is 0.150 e. The molecule has 0 bridgehead atoms. The Hall–Kier alpha value is -0.580. The van der Waals surface area contributed by atoms with Crippen molar-refractivity contribution in [3.05, 3.63) is 34.9 Å². The van der Waals surface area contributed by atoms with Crippen molar-refractivity contribution in [1.29, 1.82) is 0 Å². The lowest BCUT2D eigenvalue weighted by Crippen LogP contribution is -2.28. The highest BCUT2D eigenvalue weighted by Gasteiger charge is 2.34. The van der Waals surface area contributed by atoms with E-state index in [9.17, 15) is 8.42 Å². The van der Waals surface area contributed by atoms with E-state index < -0.39 is 9.84 Å². The average Bonchev–Trinajstić information content (AvgIpc) is 2.76. The molecule has 2 rings (SSSR count). The van der Waals surface area contributed by atoms with Crippen LogP contribution in [-0.2, 0) is 9.84 Å². The molecular weight excluding hydrogens is 294 g/mol. The van der Waals surface area contributed by atoms with Crippen LogP contribution >= 0.6 is 11.6 Å². The van der Waals surface area contributed by atoms with E-state index >= 15 is 0 Å². The quantitative estimate of drug-likeness (QED) is 0.821. The summed E-state index contributed by atoms with van der Waals surface area (Å²) in [7, 11) is -2.84. The van der Waals surface area contributed by atoms with Crippen molar-refractivity contribution in [3.8, 4) is 0 Å². The summed E-state index contributed by atoms with van der Waals surface area (Å²) in [6, 6.07) is 7.80. The monoisotopic (exact) mass is 315 g/mol. The molecule has 1 aliphatic heterocycles. The summed E-state index contributed by atoms with van der Waals surface area (Å²) < 4.78 is 23.4. The molecule has 5 heteroatoms. The third-order valence-electron chi connectivity index (χ3n) is 3.93. The first kappa shape index (κ1) is 15.8. The van der Waals surface area contributed by atoms with Gasteiger partial charge in [0.05, 0.1) is 11.5 Å². The molecule has 0 radical (unpaired) electrons. The van der Waals surface area contributed by atoms with Crippen molar-refractivity contribution in [2.24, 2.45) is 5.92 Å². The Bertz CT molecular complexity index is 527. The van der Waals surface area contributed by atoms with Gasteiger partial charge in [-0.25, -0.2) is 8.42 Å². The number of hydrogen-bond acceptors (Lipinski definition) is 3. The molecule has 20 heavy (non-hydrogen) atoms. The number of hydrogen-bond donors (Lipinski definition) is 1. The standard InChI is InChI=1S/C15H22ClNO2S/c1-2-8-17-10-15(12-3-5-14(16)6-4-12)13-7-9-20(18,19)11-13/h3-6,13,15,17H,2,7-11H2,1H3. The highest BCUT2D eigenvalue weighted by atomic mass is 35.5. The van der Waals surface area contributed by atoms with E-state index in [-0.39, 0.29) is 11.8 Å². The third kappa shape index (κ3) is 4.21. The zero-order chi connectivity index (χ0) is 14.6. The lowest BCUT2D eigenvalue weighted by molar-refractivity contribution is 0.438. The Morgan fingerprint density at radius 3 is 2.60 bits per heavy atom. The summed E-state index contributed by atoms with van der Waals surface area (Å²) in [5, 5.41) is 4.14. The van der Waals surface area contributed by atoms with Crippen molar-refractivity contribution < 1.29 is 8.42 Å². The van der Waals surface area contributed by atoms with E-state index in [4.69, 9.17) is 11.6 Å². The van der Waals surface area contributed by atoms with Crippen LogP contribution in [0.4, 0.5) is 0 Å². The Morgan fingerprint density at radius 2 is 2.05 bits per heavy atom. The lowest BCUT2D eigenvalue weighted by Gasteiger charge is -2.23. The first-order valence-electron chi connectivity index (χ1n) is 7.18. The van der Waals surface area contributed by atoms with E-state index in [0.29, 0.717) is 16.5 Å². The summed E-state index contributed by atoms with van der Waals surface area (Å²) >= 11 is 5.94. The molecule has 2 atom stereocenters. The van der Waals surface area contributed by atoms with E-state index in [0.717, 1.165) is 25.9 Å². The van der Waals surface area contributed by atoms with Gasteiger partial charge in [0.2, 0.25) is 0 Å². The lowest BCUT2D eigenvalue weighted by atomic mass is 9.85. The number of sulfone groups is 1. The highest BCUT2D eigenvalue weighted by molar-refractivity contribution is 7.91. The Kier molecular flexibility index (Phi) is 5.47. The maximum Gasteiger partial charge on any atom is 0.150 e. The maximum atomic E-state index is 11.7. The van der Waals surface area contributed by atoms with Gasteiger partial charge in [0.1, 0.15) is 0 Å². The van der Waals surface area contributed by atoms with Gasteiger partial charge in [-0.1, -0.05) is 30.7 Å². The van der Waals surface area contributed by atoms with Crippen LogP contribution in [0.2, 0.25) is 5.02 Å². The number of rotatable bonds is 6. The third-order valence-corrected chi connectivity index (χ3v) is 5.97. The molecule has 1 aromatic rings. The largest absolute Gasteiger partial charge is 0.316 e. The van der Waals surface area contributed by atoms with Gasteiger partial charge in [-0.2, -0.15) is 0 Å². The van der Waals surface area contributed by atoms with Crippen LogP contribution in [-0.4, -0.2) is 33.0 Å². The number of benzene rings is 1. The molecule has 1 aromatic carbocycles. The summed E-state index contributed by atoms with van der Waals surface area (Å²) in [4.78, 5) is 0. The zero-order valence-corrected chi connectivity index (χ0v) is 13.4. The van der Waals surface area contributed by atoms with Crippen LogP contribution < -0.4 is 5.32 Å². The maximum absolute atomic E-state index is 11.7. The predicted octanol–water partition coefficient (Wildman–Crippen LogP) is 2.86. The van der Waals surface area contributed by atoms with Crippen molar-refractivity contribution in [3.63, 3.8) is 0 Å². The Morgan fingerprint density at radius 1 is 1.35 bits per heavy atom. The van der Waals surface area contributed by atoms with Crippen LogP contribution in [0.3, 0.4) is 0 Å². The summed E-state index contributed by atoms with van der Waals surface area (Å²) in [5.74, 6) is 1.10. The second-order valence-electron chi connectivity index (χ2n) is 5.53. The molecule has 0 aromatic heterocycles. The highest BCUT2D eigenvalue weighted by Crippen LogP contribution is 2.33. The Balaban J connectivity index is 2.14. The van der Waals surface area contributed by atoms with Gasteiger partial charge in [0, 0.05) is 17.5 Å². The summed E-state index contributed by atoms with van der Waals surface area (Å²) in [5.41, 5.74) is 1.18. The predicted molar refractivity (Wildman–Crippen MR) is 84.1 cm³/mol. The molecule has 0 amide bonds. The van der Waals surface area contributed by atoms with E-state index in [1.807, 2.05) is 24.3 Å². The normalized spacial score (nSPS) is 22.8. The molecule has 1 saturated heterocycles. The second-order valence-corrected chi connectivity index (χ2v) is 8.19. The number of nitrogens with one attached hydrogen (secondary N) is 1. The molecule has 1 N–H and O–H groups in total. The fourth-order valence-corrected chi connectivity index (χ4v) is 4.85. The fraction of sp³-hybridized carbons (Fsp3) is 0.600. The van der Waals surface area contributed by atoms with E-state index in [1.54, 1.807) is 0 Å². The molecule has 2 unspecified atom stereocenters. The van der Waals surface area contributed by atoms with E-state index in [1.165, 1.54) is 5.56 Å². The first-order valence-corrected chi connectivity index (χ1v) is 9.38. The molecule has 112 valence electrons. The van der Waals surface area contributed by atoms with Gasteiger partial charge < -0.3 is 5.32 Å². The van der Waals surface area contributed by atoms with Gasteiger partial charge >= 0.3 is 0 Å². The zero-order valence-electron chi connectivity index (χ0n) is 11.8. The SMILES string of the molecule is CCCNCC(c1ccc(Cl)cc1)C1CCS(=O)(=O)C1. The van der Waals surface area contributed by atoms with Crippen molar-refractivity contribution in [2.45, 2.75) is 25.7 Å². The van der Waals surface area contributed by atoms with Gasteiger partial charge in [0.25, 0.3) is 0 Å². The fourth-order valence-electron chi connectivity index (χ4n) is 2.84. The van der Waals surface area contributed by atoms with Gasteiger partial charge in [-0.3, -0.25) is 0 Å². The Labute approximate surface area is 126 Å². The minimum absolute atomic E-state index is 0.213. The molecule has 3 nitrogen and oxygen atoms in total. The van der Waals surface area contributed by atoms with Crippen LogP contribution in [0.25, 0.3) is 0 Å². The molecule has 1 aliphatic rings. The molecule has 0 saturated carbocycles. The average molecular weight is 316 g/mol. The molecule has 0 aliphatic carbocycles. The summed E-state index contributed by atoms with van der Waals surface area (Å²) in [6.07, 6.45) is 1.85. The molecule has 1 heterocycles. The number of halogens is 1. The van der Waals surface area contributed by atoms with Crippen LogP contribution in [0.15, 0.2) is 24.3 Å². The van der Waals surface area contributed by atoms with E-state index in [2.05, 4.69) is 12.2 Å². The first-order chi connectivity index (χ1) is 9.52. The van der Waals surface area contributed by atoms with Crippen LogP contribution in [0.5, 0.6) is 0 Å². The van der Waals surface area contributed by atoms with Gasteiger partial charge in [-0.15, -0.1) is 0 Å². The summed E-state index contributed by atoms with van der Waals surface area (Å²) in [6.45, 7) is 3.92. The van der Waals surface area contributed by atoms with Gasteiger partial charge in [-0.05, 0) is 43.0 Å². The van der Waals surface area contributed by atoms with Crippen molar-refractivity contribution in [1.82, 2.24) is 5.32 Å². The van der Waals surface area contributed by atoms with Crippen molar-refractivity contribution in [2.75, 3.05) is 24.6 Å². The minimum Gasteiger partial charge on any atom is -0.316 e.